The molecule has 1 aromatic carbocycles. The van der Waals surface area contributed by atoms with Crippen LogP contribution in [0.3, 0.4) is 0 Å². The van der Waals surface area contributed by atoms with Crippen LogP contribution in [-0.2, 0) is 19.5 Å². The molecule has 6 heteroatoms. The molecule has 0 saturated carbocycles. The predicted molar refractivity (Wildman–Crippen MR) is 94.5 cm³/mol. The summed E-state index contributed by atoms with van der Waals surface area (Å²) in [7, 11) is 0. The molecule has 0 radical (unpaired) electrons. The quantitative estimate of drug-likeness (QED) is 0.791. The molecular weight excluding hydrogens is 348 g/mol. The molecule has 0 aliphatic rings. The third kappa shape index (κ3) is 4.54. The van der Waals surface area contributed by atoms with Crippen molar-refractivity contribution in [2.75, 3.05) is 5.32 Å². The van der Waals surface area contributed by atoms with Crippen LogP contribution in [0.5, 0.6) is 0 Å². The summed E-state index contributed by atoms with van der Waals surface area (Å²) in [6.07, 6.45) is 3.01. The Labute approximate surface area is 139 Å². The van der Waals surface area contributed by atoms with Gasteiger partial charge in [-0.1, -0.05) is 19.1 Å². The molecular formula is C15H19BrN4S. The number of nitrogens with one attached hydrogen (secondary N) is 2. The Morgan fingerprint density at radius 3 is 2.57 bits per heavy atom. The molecule has 0 fully saturated rings. The largest absolute Gasteiger partial charge is 0.357 e. The van der Waals surface area contributed by atoms with Crippen molar-refractivity contribution in [1.29, 1.82) is 0 Å². The number of anilines is 1. The van der Waals surface area contributed by atoms with Crippen LogP contribution in [0.15, 0.2) is 34.9 Å². The van der Waals surface area contributed by atoms with E-state index in [4.69, 9.17) is 12.2 Å². The minimum absolute atomic E-state index is 0.590. The fourth-order valence-electron chi connectivity index (χ4n) is 1.88. The van der Waals surface area contributed by atoms with Gasteiger partial charge in [-0.3, -0.25) is 4.68 Å². The van der Waals surface area contributed by atoms with E-state index >= 15 is 0 Å². The summed E-state index contributed by atoms with van der Waals surface area (Å²) < 4.78 is 2.88. The lowest BCUT2D eigenvalue weighted by Gasteiger charge is -2.10. The molecule has 21 heavy (non-hydrogen) atoms. The summed E-state index contributed by atoms with van der Waals surface area (Å²) in [5.41, 5.74) is 3.25. The first-order valence-electron chi connectivity index (χ1n) is 6.98. The van der Waals surface area contributed by atoms with Crippen molar-refractivity contribution in [2.45, 2.75) is 33.4 Å². The van der Waals surface area contributed by atoms with Crippen LogP contribution >= 0.6 is 28.1 Å². The molecule has 0 unspecified atom stereocenters. The van der Waals surface area contributed by atoms with Gasteiger partial charge >= 0.3 is 0 Å². The van der Waals surface area contributed by atoms with E-state index in [1.165, 1.54) is 5.56 Å². The Morgan fingerprint density at radius 1 is 1.29 bits per heavy atom. The van der Waals surface area contributed by atoms with Crippen molar-refractivity contribution in [3.8, 4) is 0 Å². The SMILES string of the molecule is CCc1ccc(NC(=S)NCc2nn(CC)cc2Br)cc1. The number of nitrogens with zero attached hydrogens (tertiary/aromatic N) is 2. The van der Waals surface area contributed by atoms with Gasteiger partial charge in [-0.25, -0.2) is 0 Å². The number of rotatable bonds is 5. The molecule has 1 aromatic heterocycles. The lowest BCUT2D eigenvalue weighted by molar-refractivity contribution is 0.643. The lowest BCUT2D eigenvalue weighted by Crippen LogP contribution is -2.28. The first kappa shape index (κ1) is 16.0. The van der Waals surface area contributed by atoms with Crippen LogP contribution in [0.2, 0.25) is 0 Å². The zero-order chi connectivity index (χ0) is 15.2. The monoisotopic (exact) mass is 366 g/mol. The molecule has 1 heterocycles. The van der Waals surface area contributed by atoms with Gasteiger partial charge in [0.15, 0.2) is 5.11 Å². The average molecular weight is 367 g/mol. The van der Waals surface area contributed by atoms with E-state index in [-0.39, 0.29) is 0 Å². The second-order valence-electron chi connectivity index (χ2n) is 4.64. The van der Waals surface area contributed by atoms with E-state index < -0.39 is 0 Å². The van der Waals surface area contributed by atoms with Gasteiger partial charge in [0.2, 0.25) is 0 Å². The molecule has 2 rings (SSSR count). The van der Waals surface area contributed by atoms with E-state index in [1.54, 1.807) is 0 Å². The highest BCUT2D eigenvalue weighted by Crippen LogP contribution is 2.15. The number of aryl methyl sites for hydroxylation is 2. The van der Waals surface area contributed by atoms with Gasteiger partial charge in [-0.05, 0) is 59.2 Å². The summed E-state index contributed by atoms with van der Waals surface area (Å²) in [5, 5.41) is 11.4. The van der Waals surface area contributed by atoms with Gasteiger partial charge in [0.1, 0.15) is 0 Å². The standard InChI is InChI=1S/C15H19BrN4S/c1-3-11-5-7-12(8-6-11)18-15(21)17-9-14-13(16)10-20(4-2)19-14/h5-8,10H,3-4,9H2,1-2H3,(H2,17,18,21). The smallest absolute Gasteiger partial charge is 0.171 e. The first-order valence-corrected chi connectivity index (χ1v) is 8.18. The van der Waals surface area contributed by atoms with Crippen LogP contribution in [0.4, 0.5) is 5.69 Å². The van der Waals surface area contributed by atoms with Gasteiger partial charge in [-0.2, -0.15) is 5.10 Å². The number of aromatic nitrogens is 2. The Kier molecular flexibility index (Phi) is 5.76. The zero-order valence-corrected chi connectivity index (χ0v) is 14.6. The molecule has 0 saturated heterocycles. The number of thiocarbonyl (C=S) groups is 1. The topological polar surface area (TPSA) is 41.9 Å². The minimum Gasteiger partial charge on any atom is -0.357 e. The van der Waals surface area contributed by atoms with Crippen LogP contribution in [-0.4, -0.2) is 14.9 Å². The summed E-state index contributed by atoms with van der Waals surface area (Å²) in [5.74, 6) is 0. The van der Waals surface area contributed by atoms with Crippen LogP contribution in [0.25, 0.3) is 0 Å². The van der Waals surface area contributed by atoms with Gasteiger partial charge in [0.05, 0.1) is 16.7 Å². The molecule has 0 amide bonds. The van der Waals surface area contributed by atoms with Crippen molar-refractivity contribution in [3.63, 3.8) is 0 Å². The normalized spacial score (nSPS) is 10.4. The molecule has 0 aliphatic carbocycles. The third-order valence-electron chi connectivity index (χ3n) is 3.15. The highest BCUT2D eigenvalue weighted by molar-refractivity contribution is 9.10. The second kappa shape index (κ2) is 7.56. The zero-order valence-electron chi connectivity index (χ0n) is 12.2. The van der Waals surface area contributed by atoms with Crippen molar-refractivity contribution >= 4 is 38.9 Å². The van der Waals surface area contributed by atoms with Crippen molar-refractivity contribution in [3.05, 3.63) is 46.2 Å². The van der Waals surface area contributed by atoms with Gasteiger partial charge in [-0.15, -0.1) is 0 Å². The van der Waals surface area contributed by atoms with Crippen molar-refractivity contribution < 1.29 is 0 Å². The van der Waals surface area contributed by atoms with Crippen molar-refractivity contribution in [2.24, 2.45) is 0 Å². The van der Waals surface area contributed by atoms with E-state index in [2.05, 4.69) is 57.6 Å². The Morgan fingerprint density at radius 2 is 2.00 bits per heavy atom. The minimum atomic E-state index is 0.590. The van der Waals surface area contributed by atoms with Gasteiger partial charge < -0.3 is 10.6 Å². The highest BCUT2D eigenvalue weighted by atomic mass is 79.9. The van der Waals surface area contributed by atoms with Crippen LogP contribution in [0.1, 0.15) is 25.1 Å². The fourth-order valence-corrected chi connectivity index (χ4v) is 2.53. The number of hydrogen-bond acceptors (Lipinski definition) is 2. The number of halogens is 1. The highest BCUT2D eigenvalue weighted by Gasteiger charge is 2.06. The molecule has 2 N–H and O–H groups in total. The Hall–Kier alpha value is -1.40. The number of benzene rings is 1. The predicted octanol–water partition coefficient (Wildman–Crippen LogP) is 3.71. The molecule has 2 aromatic rings. The summed E-state index contributed by atoms with van der Waals surface area (Å²) in [6, 6.07) is 8.28. The van der Waals surface area contributed by atoms with Crippen LogP contribution < -0.4 is 10.6 Å². The molecule has 0 bridgehead atoms. The third-order valence-corrected chi connectivity index (χ3v) is 4.06. The van der Waals surface area contributed by atoms with E-state index in [1.807, 2.05) is 23.0 Å². The molecule has 0 aliphatic heterocycles. The average Bonchev–Trinajstić information content (AvgIpc) is 2.86. The molecule has 0 spiro atoms. The molecule has 0 atom stereocenters. The summed E-state index contributed by atoms with van der Waals surface area (Å²) in [4.78, 5) is 0. The maximum Gasteiger partial charge on any atom is 0.171 e. The van der Waals surface area contributed by atoms with Crippen LogP contribution in [0, 0.1) is 0 Å². The van der Waals surface area contributed by atoms with Gasteiger partial charge in [0.25, 0.3) is 0 Å². The summed E-state index contributed by atoms with van der Waals surface area (Å²) in [6.45, 7) is 5.64. The lowest BCUT2D eigenvalue weighted by atomic mass is 10.1. The van der Waals surface area contributed by atoms with Crippen molar-refractivity contribution in [1.82, 2.24) is 15.1 Å². The maximum absolute atomic E-state index is 5.30. The molecule has 112 valence electrons. The van der Waals surface area contributed by atoms with Gasteiger partial charge in [0, 0.05) is 18.4 Å². The first-order chi connectivity index (χ1) is 10.1. The Balaban J connectivity index is 1.87. The molecule has 4 nitrogen and oxygen atoms in total. The number of hydrogen-bond donors (Lipinski definition) is 2. The summed E-state index contributed by atoms with van der Waals surface area (Å²) >= 11 is 8.81. The van der Waals surface area contributed by atoms with E-state index in [9.17, 15) is 0 Å². The second-order valence-corrected chi connectivity index (χ2v) is 5.90. The fraction of sp³-hybridized carbons (Fsp3) is 0.333. The maximum atomic E-state index is 5.30. The Bertz CT molecular complexity index is 607. The van der Waals surface area contributed by atoms with E-state index in [0.29, 0.717) is 11.7 Å². The van der Waals surface area contributed by atoms with E-state index in [0.717, 1.165) is 28.8 Å².